The van der Waals surface area contributed by atoms with Gasteiger partial charge in [0, 0.05) is 12.1 Å². The van der Waals surface area contributed by atoms with Crippen LogP contribution in [0.2, 0.25) is 0 Å². The predicted octanol–water partition coefficient (Wildman–Crippen LogP) is 6.13. The van der Waals surface area contributed by atoms with Gasteiger partial charge in [-0.25, -0.2) is 9.18 Å². The maximum Gasteiger partial charge on any atom is 0.340 e. The summed E-state index contributed by atoms with van der Waals surface area (Å²) in [6.07, 6.45) is 0. The zero-order chi connectivity index (χ0) is 28.9. The van der Waals surface area contributed by atoms with Gasteiger partial charge in [0.2, 0.25) is 5.91 Å². The summed E-state index contributed by atoms with van der Waals surface area (Å²) in [7, 11) is 1.56. The van der Waals surface area contributed by atoms with Crippen LogP contribution in [0.4, 0.5) is 10.1 Å². The monoisotopic (exact) mass is 552 g/mol. The molecular formula is C33H29FN2O5. The van der Waals surface area contributed by atoms with E-state index in [1.54, 1.807) is 91.7 Å². The molecule has 0 fully saturated rings. The minimum atomic E-state index is -0.840. The van der Waals surface area contributed by atoms with Crippen molar-refractivity contribution in [3.05, 3.63) is 131 Å². The van der Waals surface area contributed by atoms with Gasteiger partial charge < -0.3 is 19.7 Å². The summed E-state index contributed by atoms with van der Waals surface area (Å²) in [5.74, 6) is -1.78. The van der Waals surface area contributed by atoms with Crippen molar-refractivity contribution in [1.29, 1.82) is 0 Å². The van der Waals surface area contributed by atoms with E-state index in [1.807, 2.05) is 12.1 Å². The Morgan fingerprint density at radius 1 is 0.902 bits per heavy atom. The highest BCUT2D eigenvalue weighted by Crippen LogP contribution is 2.44. The van der Waals surface area contributed by atoms with E-state index >= 15 is 0 Å². The molecule has 41 heavy (non-hydrogen) atoms. The lowest BCUT2D eigenvalue weighted by atomic mass is 9.79. The third-order valence-corrected chi connectivity index (χ3v) is 7.12. The van der Waals surface area contributed by atoms with E-state index in [4.69, 9.17) is 9.47 Å². The Morgan fingerprint density at radius 2 is 1.59 bits per heavy atom. The standard InChI is InChI=1S/C33H29FN2O5/c1-3-41-33(39)27-10-6-7-11-28(27)35-31(37)29-25-8-4-5-9-26(25)32(38)36(20-21-12-16-23(34)17-13-21)30(29)22-14-18-24(40-2)19-15-22/h4-19,29-30H,3,20H2,1-2H3,(H,35,37). The molecule has 4 aromatic carbocycles. The molecule has 0 aliphatic carbocycles. The van der Waals surface area contributed by atoms with Crippen LogP contribution in [-0.4, -0.2) is 36.4 Å². The summed E-state index contributed by atoms with van der Waals surface area (Å²) in [5.41, 5.74) is 2.94. The number of amides is 2. The van der Waals surface area contributed by atoms with Crippen molar-refractivity contribution >= 4 is 23.5 Å². The maximum atomic E-state index is 14.2. The Balaban J connectivity index is 1.62. The van der Waals surface area contributed by atoms with Crippen molar-refractivity contribution in [2.24, 2.45) is 0 Å². The van der Waals surface area contributed by atoms with E-state index in [0.717, 1.165) is 5.56 Å². The number of ether oxygens (including phenoxy) is 2. The van der Waals surface area contributed by atoms with Crippen LogP contribution in [-0.2, 0) is 16.1 Å². The summed E-state index contributed by atoms with van der Waals surface area (Å²) in [5, 5.41) is 2.94. The molecule has 0 radical (unpaired) electrons. The first-order valence-electron chi connectivity index (χ1n) is 13.3. The second kappa shape index (κ2) is 12.0. The Hall–Kier alpha value is -4.98. The van der Waals surface area contributed by atoms with Gasteiger partial charge in [0.05, 0.1) is 36.9 Å². The number of nitrogens with one attached hydrogen (secondary N) is 1. The lowest BCUT2D eigenvalue weighted by molar-refractivity contribution is -0.119. The summed E-state index contributed by atoms with van der Waals surface area (Å²) in [6, 6.07) is 26.1. The van der Waals surface area contributed by atoms with Crippen molar-refractivity contribution in [3.63, 3.8) is 0 Å². The minimum absolute atomic E-state index is 0.146. The van der Waals surface area contributed by atoms with Gasteiger partial charge in [0.25, 0.3) is 5.91 Å². The molecule has 0 bridgehead atoms. The SMILES string of the molecule is CCOC(=O)c1ccccc1NC(=O)C1c2ccccc2C(=O)N(Cc2ccc(F)cc2)C1c1ccc(OC)cc1. The third-order valence-electron chi connectivity index (χ3n) is 7.12. The van der Waals surface area contributed by atoms with Crippen LogP contribution in [0.25, 0.3) is 0 Å². The van der Waals surface area contributed by atoms with Crippen molar-refractivity contribution in [2.75, 3.05) is 19.0 Å². The number of fused-ring (bicyclic) bond motifs is 1. The van der Waals surface area contributed by atoms with Crippen LogP contribution in [0, 0.1) is 5.82 Å². The van der Waals surface area contributed by atoms with Crippen LogP contribution in [0.15, 0.2) is 97.1 Å². The van der Waals surface area contributed by atoms with E-state index in [-0.39, 0.29) is 30.4 Å². The number of esters is 1. The van der Waals surface area contributed by atoms with Crippen molar-refractivity contribution in [1.82, 2.24) is 4.90 Å². The molecule has 5 rings (SSSR count). The molecule has 1 N–H and O–H groups in total. The minimum Gasteiger partial charge on any atom is -0.497 e. The zero-order valence-corrected chi connectivity index (χ0v) is 22.7. The molecule has 1 aliphatic rings. The largest absolute Gasteiger partial charge is 0.497 e. The number of methoxy groups -OCH3 is 1. The van der Waals surface area contributed by atoms with Gasteiger partial charge in [-0.2, -0.15) is 0 Å². The zero-order valence-electron chi connectivity index (χ0n) is 22.7. The topological polar surface area (TPSA) is 84.9 Å². The van der Waals surface area contributed by atoms with E-state index in [1.165, 1.54) is 12.1 Å². The maximum absolute atomic E-state index is 14.2. The smallest absolute Gasteiger partial charge is 0.340 e. The van der Waals surface area contributed by atoms with E-state index < -0.39 is 23.8 Å². The summed E-state index contributed by atoms with van der Waals surface area (Å²) >= 11 is 0. The van der Waals surface area contributed by atoms with Gasteiger partial charge in [-0.15, -0.1) is 0 Å². The van der Waals surface area contributed by atoms with Crippen LogP contribution < -0.4 is 10.1 Å². The number of anilines is 1. The Labute approximate surface area is 237 Å². The molecule has 8 heteroatoms. The highest BCUT2D eigenvalue weighted by atomic mass is 19.1. The highest BCUT2D eigenvalue weighted by molar-refractivity contribution is 6.07. The van der Waals surface area contributed by atoms with Crippen molar-refractivity contribution in [2.45, 2.75) is 25.4 Å². The molecule has 208 valence electrons. The average molecular weight is 553 g/mol. The molecule has 1 aliphatic heterocycles. The predicted molar refractivity (Wildman–Crippen MR) is 152 cm³/mol. The molecule has 0 saturated heterocycles. The van der Waals surface area contributed by atoms with Crippen LogP contribution in [0.1, 0.15) is 56.3 Å². The average Bonchev–Trinajstić information content (AvgIpc) is 3.00. The summed E-state index contributed by atoms with van der Waals surface area (Å²) < 4.78 is 24.2. The molecule has 0 saturated carbocycles. The molecule has 0 spiro atoms. The Morgan fingerprint density at radius 3 is 2.29 bits per heavy atom. The third kappa shape index (κ3) is 5.68. The van der Waals surface area contributed by atoms with Gasteiger partial charge in [0.1, 0.15) is 11.6 Å². The Bertz CT molecular complexity index is 1570. The lowest BCUT2D eigenvalue weighted by Gasteiger charge is -2.42. The number of hydrogen-bond donors (Lipinski definition) is 1. The molecule has 2 unspecified atom stereocenters. The fraction of sp³-hybridized carbons (Fsp3) is 0.182. The van der Waals surface area contributed by atoms with Gasteiger partial charge in [-0.05, 0) is 66.1 Å². The molecule has 2 atom stereocenters. The van der Waals surface area contributed by atoms with Gasteiger partial charge in [0.15, 0.2) is 0 Å². The number of carbonyl (C=O) groups is 3. The van der Waals surface area contributed by atoms with Crippen LogP contribution >= 0.6 is 0 Å². The fourth-order valence-corrected chi connectivity index (χ4v) is 5.20. The highest BCUT2D eigenvalue weighted by Gasteiger charge is 2.44. The quantitative estimate of drug-likeness (QED) is 0.266. The number of carbonyl (C=O) groups excluding carboxylic acids is 3. The molecule has 7 nitrogen and oxygen atoms in total. The van der Waals surface area contributed by atoms with Crippen molar-refractivity contribution in [3.8, 4) is 5.75 Å². The number of para-hydroxylation sites is 1. The van der Waals surface area contributed by atoms with Gasteiger partial charge in [-0.1, -0.05) is 54.6 Å². The fourth-order valence-electron chi connectivity index (χ4n) is 5.20. The first kappa shape index (κ1) is 27.6. The lowest BCUT2D eigenvalue weighted by Crippen LogP contribution is -2.45. The van der Waals surface area contributed by atoms with E-state index in [9.17, 15) is 18.8 Å². The Kier molecular flexibility index (Phi) is 8.10. The van der Waals surface area contributed by atoms with Gasteiger partial charge in [-0.3, -0.25) is 9.59 Å². The molecule has 4 aromatic rings. The van der Waals surface area contributed by atoms with Crippen molar-refractivity contribution < 1.29 is 28.2 Å². The first-order valence-corrected chi connectivity index (χ1v) is 13.3. The first-order chi connectivity index (χ1) is 19.9. The molecular weight excluding hydrogens is 523 g/mol. The second-order valence-electron chi connectivity index (χ2n) is 9.60. The number of benzene rings is 4. The summed E-state index contributed by atoms with van der Waals surface area (Å²) in [4.78, 5) is 42.5. The molecule has 2 amide bonds. The van der Waals surface area contributed by atoms with Crippen LogP contribution in [0.5, 0.6) is 5.75 Å². The normalized spacial score (nSPS) is 16.1. The number of rotatable bonds is 8. The number of nitrogens with zero attached hydrogens (tertiary/aromatic N) is 1. The van der Waals surface area contributed by atoms with E-state index in [0.29, 0.717) is 28.1 Å². The number of halogens is 1. The van der Waals surface area contributed by atoms with Crippen LogP contribution in [0.3, 0.4) is 0 Å². The van der Waals surface area contributed by atoms with Gasteiger partial charge >= 0.3 is 5.97 Å². The second-order valence-corrected chi connectivity index (χ2v) is 9.60. The van der Waals surface area contributed by atoms with E-state index in [2.05, 4.69) is 5.32 Å². The molecule has 1 heterocycles. The summed E-state index contributed by atoms with van der Waals surface area (Å²) in [6.45, 7) is 2.05. The number of hydrogen-bond acceptors (Lipinski definition) is 5. The molecule has 0 aromatic heterocycles.